The molecule has 10 heavy (non-hydrogen) atoms. The molecule has 4 nitrogen and oxygen atoms in total. The molecule has 0 saturated carbocycles. The number of thiol groups is 2. The molecule has 0 saturated heterocycles. The van der Waals surface area contributed by atoms with Crippen LogP contribution in [0.1, 0.15) is 0 Å². The van der Waals surface area contributed by atoms with Gasteiger partial charge in [-0.05, 0) is 0 Å². The molecule has 64 valence electrons. The first kappa shape index (κ1) is 22.4. The summed E-state index contributed by atoms with van der Waals surface area (Å²) in [5.74, 6) is 0. The second kappa shape index (κ2) is 16.3. The fourth-order valence-corrected chi connectivity index (χ4v) is 0. The lowest BCUT2D eigenvalue weighted by Crippen LogP contribution is -1.95. The molecule has 4 N–H and O–H groups in total. The Balaban J connectivity index is -0.0000000300. The number of carbonyl (C=O) groups excluding carboxylic acids is 2. The van der Waals surface area contributed by atoms with Crippen molar-refractivity contribution < 1.29 is 9.59 Å². The number of amides is 2. The number of nitrogens with two attached hydrogens (primary N) is 2. The minimum Gasteiger partial charge on any atom is -0.361 e. The highest BCUT2D eigenvalue weighted by molar-refractivity contribution is 8.93. The molecule has 0 fully saturated rings. The van der Waals surface area contributed by atoms with Gasteiger partial charge < -0.3 is 11.5 Å². The highest BCUT2D eigenvalue weighted by Gasteiger charge is 1.63. The molecule has 8 heteroatoms. The molecule has 0 rings (SSSR count). The minimum atomic E-state index is -0.639. The van der Waals surface area contributed by atoms with E-state index in [4.69, 9.17) is 9.59 Å². The Morgan fingerprint density at radius 2 is 0.900 bits per heavy atom. The minimum absolute atomic E-state index is 0. The van der Waals surface area contributed by atoms with Gasteiger partial charge in [-0.3, -0.25) is 9.59 Å². The van der Waals surface area contributed by atoms with Crippen molar-refractivity contribution in [2.45, 2.75) is 0 Å². The molecule has 0 aromatic rings. The summed E-state index contributed by atoms with van der Waals surface area (Å²) >= 11 is 6.21. The Kier molecular flexibility index (Phi) is 36.6. The topological polar surface area (TPSA) is 86.2 Å². The van der Waals surface area contributed by atoms with E-state index in [-0.39, 0.29) is 34.0 Å². The van der Waals surface area contributed by atoms with Crippen LogP contribution in [-0.4, -0.2) is 10.5 Å². The number of primary amides is 2. The molecule has 0 spiro atoms. The van der Waals surface area contributed by atoms with Gasteiger partial charge in [0.2, 0.25) is 0 Å². The average molecular weight is 316 g/mol. The maximum Gasteiger partial charge on any atom is 0.273 e. The van der Waals surface area contributed by atoms with Crippen LogP contribution in [0.5, 0.6) is 0 Å². The fourth-order valence-electron chi connectivity index (χ4n) is 0. The van der Waals surface area contributed by atoms with Gasteiger partial charge in [0.25, 0.3) is 10.5 Å². The van der Waals surface area contributed by atoms with E-state index in [0.29, 0.717) is 0 Å². The first-order chi connectivity index (χ1) is 3.46. The Bertz CT molecular complexity index is 81.3. The zero-order valence-electron chi connectivity index (χ0n) is 4.68. The van der Waals surface area contributed by atoms with Crippen molar-refractivity contribution in [1.29, 1.82) is 0 Å². The first-order valence-electron chi connectivity index (χ1n) is 1.43. The number of rotatable bonds is 0. The molecule has 0 radical (unpaired) electrons. The lowest BCUT2D eigenvalue weighted by atomic mass is 11.5. The van der Waals surface area contributed by atoms with Crippen LogP contribution in [0.3, 0.4) is 0 Å². The Morgan fingerprint density at radius 1 is 0.900 bits per heavy atom. The van der Waals surface area contributed by atoms with E-state index in [2.05, 4.69) is 36.7 Å². The SMILES string of the molecule is Br.Br.NC(=O)S.NC(=O)S. The van der Waals surface area contributed by atoms with Crippen LogP contribution < -0.4 is 11.5 Å². The van der Waals surface area contributed by atoms with E-state index >= 15 is 0 Å². The number of hydrogen-bond acceptors (Lipinski definition) is 2. The van der Waals surface area contributed by atoms with Crippen LogP contribution in [0.4, 0.5) is 9.59 Å². The maximum absolute atomic E-state index is 9.09. The van der Waals surface area contributed by atoms with Gasteiger partial charge in [0.05, 0.1) is 0 Å². The second-order valence-electron chi connectivity index (χ2n) is 0.676. The Morgan fingerprint density at radius 3 is 0.900 bits per heavy atom. The van der Waals surface area contributed by atoms with Crippen molar-refractivity contribution in [3.8, 4) is 0 Å². The summed E-state index contributed by atoms with van der Waals surface area (Å²) in [6, 6.07) is 0. The molecule has 0 heterocycles. The van der Waals surface area contributed by atoms with Crippen LogP contribution >= 0.6 is 59.2 Å². The second-order valence-corrected chi connectivity index (χ2v) is 1.56. The molecule has 0 aliphatic heterocycles. The zero-order chi connectivity index (χ0) is 7.15. The monoisotopic (exact) mass is 314 g/mol. The van der Waals surface area contributed by atoms with Gasteiger partial charge in [-0.15, -0.1) is 34.0 Å². The lowest BCUT2D eigenvalue weighted by Gasteiger charge is -1.59. The van der Waals surface area contributed by atoms with Crippen LogP contribution in [0.15, 0.2) is 0 Å². The number of halogens is 2. The standard InChI is InChI=1S/2CH3NOS.2BrH/c2*2-1(3)4;;/h2*(H3,2,3,4);2*1H. The summed E-state index contributed by atoms with van der Waals surface area (Å²) in [5, 5.41) is -1.28. The van der Waals surface area contributed by atoms with Crippen LogP contribution in [-0.2, 0) is 0 Å². The molecule has 0 aromatic heterocycles. The van der Waals surface area contributed by atoms with Crippen molar-refractivity contribution in [2.75, 3.05) is 0 Å². The van der Waals surface area contributed by atoms with E-state index in [1.54, 1.807) is 0 Å². The molecular weight excluding hydrogens is 308 g/mol. The lowest BCUT2D eigenvalue weighted by molar-refractivity contribution is 0.266. The van der Waals surface area contributed by atoms with E-state index < -0.39 is 10.5 Å². The quantitative estimate of drug-likeness (QED) is 0.505. The van der Waals surface area contributed by atoms with Crippen LogP contribution in [0, 0.1) is 0 Å². The molecule has 0 unspecified atom stereocenters. The predicted molar refractivity (Wildman–Crippen MR) is 57.8 cm³/mol. The van der Waals surface area contributed by atoms with Gasteiger partial charge in [0.15, 0.2) is 0 Å². The highest BCUT2D eigenvalue weighted by atomic mass is 79.9. The first-order valence-corrected chi connectivity index (χ1v) is 2.33. The Labute approximate surface area is 90.4 Å². The van der Waals surface area contributed by atoms with Crippen LogP contribution in [0.2, 0.25) is 0 Å². The normalized spacial score (nSPS) is 5.00. The third-order valence-corrected chi connectivity index (χ3v) is 0. The fraction of sp³-hybridized carbons (Fsp3) is 0. The molecule has 0 bridgehead atoms. The third kappa shape index (κ3) is 1380. The smallest absolute Gasteiger partial charge is 0.273 e. The molecule has 0 aliphatic carbocycles. The van der Waals surface area contributed by atoms with Gasteiger partial charge in [0, 0.05) is 0 Å². The van der Waals surface area contributed by atoms with Gasteiger partial charge in [-0.1, -0.05) is 25.3 Å². The molecular formula is C2H8Br2N2O2S2. The predicted octanol–water partition coefficient (Wildman–Crippen LogP) is 1.15. The molecule has 0 atom stereocenters. The summed E-state index contributed by atoms with van der Waals surface area (Å²) in [6.45, 7) is 0. The number of hydrogen-bond donors (Lipinski definition) is 4. The summed E-state index contributed by atoms with van der Waals surface area (Å²) in [5.41, 5.74) is 8.67. The summed E-state index contributed by atoms with van der Waals surface area (Å²) in [4.78, 5) is 18.2. The van der Waals surface area contributed by atoms with Crippen molar-refractivity contribution >= 4 is 69.7 Å². The van der Waals surface area contributed by atoms with E-state index in [1.165, 1.54) is 0 Å². The third-order valence-electron chi connectivity index (χ3n) is 0. The van der Waals surface area contributed by atoms with E-state index in [1.807, 2.05) is 0 Å². The van der Waals surface area contributed by atoms with E-state index in [0.717, 1.165) is 0 Å². The zero-order valence-corrected chi connectivity index (χ0v) is 9.90. The van der Waals surface area contributed by atoms with Crippen LogP contribution in [0.25, 0.3) is 0 Å². The summed E-state index contributed by atoms with van der Waals surface area (Å²) < 4.78 is 0. The molecule has 2 amide bonds. The van der Waals surface area contributed by atoms with Gasteiger partial charge in [0.1, 0.15) is 0 Å². The highest BCUT2D eigenvalue weighted by Crippen LogP contribution is 1.61. The summed E-state index contributed by atoms with van der Waals surface area (Å²) in [7, 11) is 0. The van der Waals surface area contributed by atoms with Gasteiger partial charge in [-0.2, -0.15) is 0 Å². The average Bonchev–Trinajstić information content (AvgIpc) is 1.25. The van der Waals surface area contributed by atoms with E-state index in [9.17, 15) is 0 Å². The van der Waals surface area contributed by atoms with Crippen molar-refractivity contribution in [3.63, 3.8) is 0 Å². The van der Waals surface area contributed by atoms with Crippen molar-refractivity contribution in [3.05, 3.63) is 0 Å². The summed E-state index contributed by atoms with van der Waals surface area (Å²) in [6.07, 6.45) is 0. The largest absolute Gasteiger partial charge is 0.361 e. The van der Waals surface area contributed by atoms with Crippen molar-refractivity contribution in [1.82, 2.24) is 0 Å². The molecule has 0 aromatic carbocycles. The van der Waals surface area contributed by atoms with Gasteiger partial charge in [-0.25, -0.2) is 0 Å². The maximum atomic E-state index is 9.09. The van der Waals surface area contributed by atoms with Crippen molar-refractivity contribution in [2.24, 2.45) is 11.5 Å². The number of carbonyl (C=O) groups is 2. The Hall–Kier alpha value is 0.600. The van der Waals surface area contributed by atoms with Gasteiger partial charge >= 0.3 is 0 Å². The molecule has 0 aliphatic rings.